The zero-order valence-corrected chi connectivity index (χ0v) is 13.9. The Labute approximate surface area is 130 Å². The van der Waals surface area contributed by atoms with Crippen LogP contribution >= 0.6 is 23.5 Å². The molecule has 1 amide bonds. The third-order valence-corrected chi connectivity index (χ3v) is 9.11. The zero-order valence-electron chi connectivity index (χ0n) is 12.2. The molecule has 2 atom stereocenters. The molecule has 1 saturated heterocycles. The van der Waals surface area contributed by atoms with Crippen molar-refractivity contribution in [3.8, 4) is 0 Å². The molecule has 0 radical (unpaired) electrons. The van der Waals surface area contributed by atoms with Crippen molar-refractivity contribution in [3.63, 3.8) is 0 Å². The fourth-order valence-electron chi connectivity index (χ4n) is 4.24. The average Bonchev–Trinajstić information content (AvgIpc) is 2.88. The summed E-state index contributed by atoms with van der Waals surface area (Å²) in [4.78, 5) is 12.3. The van der Waals surface area contributed by atoms with Gasteiger partial charge in [-0.15, -0.1) is 23.5 Å². The summed E-state index contributed by atoms with van der Waals surface area (Å²) in [7, 11) is 1.68. The number of carbonyl (C=O) groups is 1. The number of ether oxygens (including phenoxy) is 1. The van der Waals surface area contributed by atoms with Crippen LogP contribution in [0.15, 0.2) is 0 Å². The van der Waals surface area contributed by atoms with Gasteiger partial charge in [-0.2, -0.15) is 0 Å². The molecule has 2 unspecified atom stereocenters. The van der Waals surface area contributed by atoms with Gasteiger partial charge in [0, 0.05) is 31.1 Å². The highest BCUT2D eigenvalue weighted by Crippen LogP contribution is 2.64. The van der Waals surface area contributed by atoms with Gasteiger partial charge in [0.1, 0.15) is 0 Å². The average molecular weight is 316 g/mol. The molecule has 1 N–H and O–H groups in total. The third kappa shape index (κ3) is 2.73. The van der Waals surface area contributed by atoms with Crippen LogP contribution in [-0.4, -0.2) is 41.8 Å². The number of hydrogen-bond acceptors (Lipinski definition) is 4. The van der Waals surface area contributed by atoms with Crippen LogP contribution in [0.25, 0.3) is 0 Å². The molecule has 3 aliphatic rings. The molecule has 0 aromatic rings. The monoisotopic (exact) mass is 315 g/mol. The minimum absolute atomic E-state index is 0.245. The van der Waals surface area contributed by atoms with Crippen molar-refractivity contribution in [3.05, 3.63) is 0 Å². The predicted molar refractivity (Wildman–Crippen MR) is 86.1 cm³/mol. The van der Waals surface area contributed by atoms with Gasteiger partial charge in [0.2, 0.25) is 5.91 Å². The lowest BCUT2D eigenvalue weighted by Crippen LogP contribution is -2.49. The number of rotatable bonds is 4. The number of nitrogens with one attached hydrogen (secondary N) is 1. The molecule has 1 heterocycles. The lowest BCUT2D eigenvalue weighted by atomic mass is 9.67. The van der Waals surface area contributed by atoms with E-state index < -0.39 is 0 Å². The van der Waals surface area contributed by atoms with E-state index in [0.29, 0.717) is 17.2 Å². The second kappa shape index (κ2) is 6.49. The second-order valence-electron chi connectivity index (χ2n) is 6.20. The first-order valence-corrected chi connectivity index (χ1v) is 9.78. The Bertz CT molecular complexity index is 342. The summed E-state index contributed by atoms with van der Waals surface area (Å²) in [6.45, 7) is 1.26. The highest BCUT2D eigenvalue weighted by Gasteiger charge is 2.55. The Morgan fingerprint density at radius 3 is 2.50 bits per heavy atom. The molecule has 20 heavy (non-hydrogen) atoms. The summed E-state index contributed by atoms with van der Waals surface area (Å²) >= 11 is 4.41. The molecule has 0 aromatic heterocycles. The molecule has 114 valence electrons. The summed E-state index contributed by atoms with van der Waals surface area (Å²) in [5.41, 5.74) is 0. The van der Waals surface area contributed by atoms with E-state index in [2.05, 4.69) is 28.8 Å². The van der Waals surface area contributed by atoms with Gasteiger partial charge in [-0.3, -0.25) is 4.79 Å². The number of thioether (sulfide) groups is 2. The highest BCUT2D eigenvalue weighted by atomic mass is 32.2. The van der Waals surface area contributed by atoms with E-state index in [1.54, 1.807) is 7.11 Å². The molecule has 1 spiro atoms. The van der Waals surface area contributed by atoms with Crippen LogP contribution in [0.1, 0.15) is 32.1 Å². The maximum absolute atomic E-state index is 12.3. The van der Waals surface area contributed by atoms with E-state index in [0.717, 1.165) is 24.7 Å². The Morgan fingerprint density at radius 2 is 1.90 bits per heavy atom. The van der Waals surface area contributed by atoms with Crippen molar-refractivity contribution in [1.29, 1.82) is 0 Å². The molecule has 2 aliphatic carbocycles. The van der Waals surface area contributed by atoms with Crippen LogP contribution in [0.4, 0.5) is 0 Å². The molecule has 3 fully saturated rings. The summed E-state index contributed by atoms with van der Waals surface area (Å²) in [5.74, 6) is 4.64. The fourth-order valence-corrected chi connectivity index (χ4v) is 8.18. The van der Waals surface area contributed by atoms with Crippen molar-refractivity contribution in [2.75, 3.05) is 31.8 Å². The first kappa shape index (κ1) is 15.0. The number of methoxy groups -OCH3 is 1. The van der Waals surface area contributed by atoms with Crippen LogP contribution in [0.3, 0.4) is 0 Å². The quantitative estimate of drug-likeness (QED) is 0.810. The molecular weight excluding hydrogens is 290 g/mol. The van der Waals surface area contributed by atoms with E-state index in [4.69, 9.17) is 4.74 Å². The third-order valence-electron chi connectivity index (χ3n) is 5.10. The van der Waals surface area contributed by atoms with Crippen molar-refractivity contribution in [2.24, 2.45) is 17.8 Å². The van der Waals surface area contributed by atoms with Crippen LogP contribution < -0.4 is 5.32 Å². The molecular formula is C15H25NO2S2. The van der Waals surface area contributed by atoms with Gasteiger partial charge < -0.3 is 10.1 Å². The zero-order chi connectivity index (χ0) is 14.0. The van der Waals surface area contributed by atoms with Gasteiger partial charge in [-0.25, -0.2) is 0 Å². The minimum atomic E-state index is 0.245. The molecule has 0 aromatic carbocycles. The summed E-state index contributed by atoms with van der Waals surface area (Å²) in [6.07, 6.45) is 6.25. The van der Waals surface area contributed by atoms with Gasteiger partial charge in [0.25, 0.3) is 0 Å². The van der Waals surface area contributed by atoms with Crippen LogP contribution in [0, 0.1) is 17.8 Å². The standard InChI is InChI=1S/C15H25NO2S2/c1-18-6-5-16-14(17)11-9-12-3-2-4-13(10-11)15(12)19-7-8-20-15/h11-13H,2-10H2,1H3,(H,16,17). The van der Waals surface area contributed by atoms with Crippen molar-refractivity contribution in [2.45, 2.75) is 36.2 Å². The lowest BCUT2D eigenvalue weighted by molar-refractivity contribution is -0.127. The van der Waals surface area contributed by atoms with Crippen LogP contribution in [0.5, 0.6) is 0 Å². The van der Waals surface area contributed by atoms with E-state index in [1.807, 2.05) is 0 Å². The molecule has 3 nitrogen and oxygen atoms in total. The highest BCUT2D eigenvalue weighted by molar-refractivity contribution is 8.21. The van der Waals surface area contributed by atoms with Gasteiger partial charge in [-0.05, 0) is 37.5 Å². The molecule has 2 saturated carbocycles. The van der Waals surface area contributed by atoms with E-state index in [9.17, 15) is 4.79 Å². The Balaban J connectivity index is 1.63. The molecule has 5 heteroatoms. The first-order valence-electron chi connectivity index (χ1n) is 7.81. The smallest absolute Gasteiger partial charge is 0.223 e. The normalized spacial score (nSPS) is 35.1. The van der Waals surface area contributed by atoms with Crippen LogP contribution in [0.2, 0.25) is 0 Å². The number of carbonyl (C=O) groups excluding carboxylic acids is 1. The topological polar surface area (TPSA) is 38.3 Å². The maximum Gasteiger partial charge on any atom is 0.223 e. The van der Waals surface area contributed by atoms with Crippen LogP contribution in [-0.2, 0) is 9.53 Å². The Morgan fingerprint density at radius 1 is 1.25 bits per heavy atom. The predicted octanol–water partition coefficient (Wildman–Crippen LogP) is 2.75. The first-order chi connectivity index (χ1) is 9.76. The molecule has 1 aliphatic heterocycles. The van der Waals surface area contributed by atoms with Gasteiger partial charge in [0.05, 0.1) is 10.7 Å². The Hall–Kier alpha value is 0.130. The van der Waals surface area contributed by atoms with E-state index in [-0.39, 0.29) is 11.8 Å². The summed E-state index contributed by atoms with van der Waals surface area (Å²) < 4.78 is 5.48. The largest absolute Gasteiger partial charge is 0.383 e. The van der Waals surface area contributed by atoms with Crippen molar-refractivity contribution >= 4 is 29.4 Å². The fraction of sp³-hybridized carbons (Fsp3) is 0.933. The van der Waals surface area contributed by atoms with Gasteiger partial charge in [0.15, 0.2) is 0 Å². The van der Waals surface area contributed by atoms with Crippen molar-refractivity contribution < 1.29 is 9.53 Å². The summed E-state index contributed by atoms with van der Waals surface area (Å²) in [5, 5.41) is 3.04. The SMILES string of the molecule is COCCNC(=O)C1CC2CCCC(C1)C21SCCS1. The number of amides is 1. The maximum atomic E-state index is 12.3. The van der Waals surface area contributed by atoms with E-state index >= 15 is 0 Å². The summed E-state index contributed by atoms with van der Waals surface area (Å²) in [6, 6.07) is 0. The molecule has 3 rings (SSSR count). The van der Waals surface area contributed by atoms with Gasteiger partial charge >= 0.3 is 0 Å². The lowest BCUT2D eigenvalue weighted by Gasteiger charge is -2.52. The second-order valence-corrected chi connectivity index (χ2v) is 9.20. The Kier molecular flexibility index (Phi) is 4.88. The van der Waals surface area contributed by atoms with E-state index in [1.165, 1.54) is 30.8 Å². The van der Waals surface area contributed by atoms with Gasteiger partial charge in [-0.1, -0.05) is 6.42 Å². The number of hydrogen-bond donors (Lipinski definition) is 1. The minimum Gasteiger partial charge on any atom is -0.383 e. The molecule has 2 bridgehead atoms. The van der Waals surface area contributed by atoms with Crippen molar-refractivity contribution in [1.82, 2.24) is 5.32 Å².